The molecule has 3 heteroatoms. The Morgan fingerprint density at radius 3 is 2.62 bits per heavy atom. The normalized spacial score (nSPS) is 15.6. The molecule has 3 nitrogen and oxygen atoms in total. The van der Waals surface area contributed by atoms with Crippen LogP contribution in [0.25, 0.3) is 0 Å². The molecule has 0 fully saturated rings. The van der Waals surface area contributed by atoms with Crippen LogP contribution in [-0.2, 0) is 4.74 Å². The van der Waals surface area contributed by atoms with Gasteiger partial charge in [0, 0.05) is 12.1 Å². The van der Waals surface area contributed by atoms with E-state index in [4.69, 9.17) is 4.74 Å². The molecule has 0 saturated heterocycles. The molecule has 0 aromatic rings. The van der Waals surface area contributed by atoms with Crippen molar-refractivity contribution in [2.75, 3.05) is 26.2 Å². The first-order valence-corrected chi connectivity index (χ1v) is 7.77. The lowest BCUT2D eigenvalue weighted by Crippen LogP contribution is -2.25. The van der Waals surface area contributed by atoms with Gasteiger partial charge in [-0.05, 0) is 39.4 Å². The van der Waals surface area contributed by atoms with Crippen molar-refractivity contribution in [3.05, 3.63) is 47.7 Å². The Bertz CT molecular complexity index is 466. The average molecular weight is 288 g/mol. The molecule has 0 amide bonds. The van der Waals surface area contributed by atoms with Gasteiger partial charge in [-0.1, -0.05) is 44.2 Å². The van der Waals surface area contributed by atoms with Crippen LogP contribution in [0.15, 0.2) is 52.7 Å². The zero-order valence-corrected chi connectivity index (χ0v) is 13.9. The van der Waals surface area contributed by atoms with Crippen LogP contribution < -0.4 is 0 Å². The van der Waals surface area contributed by atoms with Gasteiger partial charge in [-0.2, -0.15) is 0 Å². The van der Waals surface area contributed by atoms with Crippen LogP contribution in [0.1, 0.15) is 34.1 Å². The van der Waals surface area contributed by atoms with Gasteiger partial charge in [0.1, 0.15) is 0 Å². The van der Waals surface area contributed by atoms with Gasteiger partial charge in [0.05, 0.1) is 12.3 Å². The molecular weight excluding hydrogens is 260 g/mol. The fourth-order valence-corrected chi connectivity index (χ4v) is 2.17. The summed E-state index contributed by atoms with van der Waals surface area (Å²) in [6, 6.07) is 0. The number of hydrogen-bond acceptors (Lipinski definition) is 3. The highest BCUT2D eigenvalue weighted by atomic mass is 16.5. The fourth-order valence-electron chi connectivity index (χ4n) is 2.17. The van der Waals surface area contributed by atoms with E-state index in [2.05, 4.69) is 55.5 Å². The average Bonchev–Trinajstić information content (AvgIpc) is 2.69. The Kier molecular flexibility index (Phi) is 7.76. The molecule has 0 heterocycles. The molecule has 0 bridgehead atoms. The lowest BCUT2D eigenvalue weighted by molar-refractivity contribution is 0.319. The van der Waals surface area contributed by atoms with Crippen LogP contribution in [0.5, 0.6) is 0 Å². The number of hydrogen-bond donors (Lipinski definition) is 0. The highest BCUT2D eigenvalue weighted by molar-refractivity contribution is 5.97. The summed E-state index contributed by atoms with van der Waals surface area (Å²) in [7, 11) is 0. The minimum atomic E-state index is 0.607. The molecule has 116 valence electrons. The smallest absolute Gasteiger partial charge is 0.220 e. The summed E-state index contributed by atoms with van der Waals surface area (Å²) >= 11 is 0. The van der Waals surface area contributed by atoms with Crippen molar-refractivity contribution in [2.45, 2.75) is 34.1 Å². The maximum absolute atomic E-state index is 5.76. The van der Waals surface area contributed by atoms with Crippen LogP contribution >= 0.6 is 0 Å². The summed E-state index contributed by atoms with van der Waals surface area (Å²) in [6.45, 7) is 15.9. The van der Waals surface area contributed by atoms with Gasteiger partial charge in [0.15, 0.2) is 0 Å². The van der Waals surface area contributed by atoms with E-state index >= 15 is 0 Å². The summed E-state index contributed by atoms with van der Waals surface area (Å²) in [4.78, 5) is 6.93. The summed E-state index contributed by atoms with van der Waals surface area (Å²) in [5.74, 6) is 0.687. The van der Waals surface area contributed by atoms with E-state index in [0.29, 0.717) is 12.5 Å². The Balaban J connectivity index is 2.95. The maximum Gasteiger partial charge on any atom is 0.220 e. The molecular formula is C18H28N2O. The van der Waals surface area contributed by atoms with Gasteiger partial charge < -0.3 is 4.74 Å². The third kappa shape index (κ3) is 5.72. The summed E-state index contributed by atoms with van der Waals surface area (Å²) in [6.07, 6.45) is 9.24. The number of rotatable bonds is 7. The van der Waals surface area contributed by atoms with E-state index in [0.717, 1.165) is 37.3 Å². The molecule has 0 aromatic carbocycles. The maximum atomic E-state index is 5.76. The van der Waals surface area contributed by atoms with Crippen LogP contribution in [0.3, 0.4) is 0 Å². The SMILES string of the molecule is C=C(CN(CC)CC)N=C(OCC)C1=C(C)CC=CC=C1. The second-order valence-electron chi connectivity index (χ2n) is 5.06. The first-order chi connectivity index (χ1) is 10.1. The van der Waals surface area contributed by atoms with Crippen molar-refractivity contribution < 1.29 is 4.74 Å². The van der Waals surface area contributed by atoms with Crippen molar-refractivity contribution in [3.63, 3.8) is 0 Å². The number of allylic oxidation sites excluding steroid dienone is 4. The van der Waals surface area contributed by atoms with Crippen molar-refractivity contribution in [3.8, 4) is 0 Å². The molecule has 0 saturated carbocycles. The number of aliphatic imine (C=N–C) groups is 1. The molecule has 0 spiro atoms. The number of nitrogens with zero attached hydrogens (tertiary/aromatic N) is 2. The molecule has 0 aromatic heterocycles. The van der Waals surface area contributed by atoms with Crippen LogP contribution in [0.2, 0.25) is 0 Å². The largest absolute Gasteiger partial charge is 0.478 e. The summed E-state index contributed by atoms with van der Waals surface area (Å²) in [5.41, 5.74) is 3.18. The van der Waals surface area contributed by atoms with Gasteiger partial charge in [-0.3, -0.25) is 4.90 Å². The Labute approximate surface area is 129 Å². The van der Waals surface area contributed by atoms with Crippen molar-refractivity contribution in [1.29, 1.82) is 0 Å². The van der Waals surface area contributed by atoms with Gasteiger partial charge >= 0.3 is 0 Å². The zero-order chi connectivity index (χ0) is 15.7. The van der Waals surface area contributed by atoms with Gasteiger partial charge in [-0.15, -0.1) is 0 Å². The lowest BCUT2D eigenvalue weighted by Gasteiger charge is -2.18. The molecule has 1 aliphatic rings. The highest BCUT2D eigenvalue weighted by Crippen LogP contribution is 2.17. The number of likely N-dealkylation sites (N-methyl/N-ethyl adjacent to an activating group) is 1. The number of ether oxygens (including phenoxy) is 1. The van der Waals surface area contributed by atoms with Gasteiger partial charge in [-0.25, -0.2) is 4.99 Å². The Hall–Kier alpha value is -1.61. The Morgan fingerprint density at radius 1 is 1.29 bits per heavy atom. The standard InChI is InChI=1S/C18H28N2O/c1-6-20(7-2)14-16(5)19-18(21-8-3)17-13-11-9-10-12-15(17)4/h9-11,13H,5-8,12,14H2,1-4H3. The zero-order valence-electron chi connectivity index (χ0n) is 13.9. The predicted octanol–water partition coefficient (Wildman–Crippen LogP) is 4.11. The highest BCUT2D eigenvalue weighted by Gasteiger charge is 2.11. The first kappa shape index (κ1) is 17.4. The van der Waals surface area contributed by atoms with Gasteiger partial charge in [0.25, 0.3) is 0 Å². The fraction of sp³-hybridized carbons (Fsp3) is 0.500. The molecule has 0 N–H and O–H groups in total. The van der Waals surface area contributed by atoms with E-state index in [1.165, 1.54) is 5.57 Å². The first-order valence-electron chi connectivity index (χ1n) is 7.77. The van der Waals surface area contributed by atoms with Crippen molar-refractivity contribution >= 4 is 5.90 Å². The summed E-state index contributed by atoms with van der Waals surface area (Å²) < 4.78 is 5.76. The van der Waals surface area contributed by atoms with Crippen LogP contribution in [0, 0.1) is 0 Å². The molecule has 1 rings (SSSR count). The Morgan fingerprint density at radius 2 is 2.00 bits per heavy atom. The molecule has 1 aliphatic carbocycles. The van der Waals surface area contributed by atoms with E-state index in [-0.39, 0.29) is 0 Å². The monoisotopic (exact) mass is 288 g/mol. The quantitative estimate of drug-likeness (QED) is 0.520. The minimum Gasteiger partial charge on any atom is -0.478 e. The van der Waals surface area contributed by atoms with Crippen molar-refractivity contribution in [2.24, 2.45) is 4.99 Å². The van der Waals surface area contributed by atoms with E-state index < -0.39 is 0 Å². The van der Waals surface area contributed by atoms with Crippen LogP contribution in [0.4, 0.5) is 0 Å². The predicted molar refractivity (Wildman–Crippen MR) is 91.6 cm³/mol. The van der Waals surface area contributed by atoms with Crippen LogP contribution in [-0.4, -0.2) is 37.0 Å². The second-order valence-corrected chi connectivity index (χ2v) is 5.06. The molecule has 0 unspecified atom stereocenters. The van der Waals surface area contributed by atoms with E-state index in [1.807, 2.05) is 13.0 Å². The van der Waals surface area contributed by atoms with E-state index in [9.17, 15) is 0 Å². The van der Waals surface area contributed by atoms with Gasteiger partial charge in [0.2, 0.25) is 5.90 Å². The topological polar surface area (TPSA) is 24.8 Å². The molecule has 0 aliphatic heterocycles. The second kappa shape index (κ2) is 9.35. The molecule has 0 radical (unpaired) electrons. The molecule has 0 atom stereocenters. The summed E-state index contributed by atoms with van der Waals surface area (Å²) in [5, 5.41) is 0. The minimum absolute atomic E-state index is 0.607. The third-order valence-corrected chi connectivity index (χ3v) is 3.47. The lowest BCUT2D eigenvalue weighted by atomic mass is 10.1. The van der Waals surface area contributed by atoms with Crippen molar-refractivity contribution in [1.82, 2.24) is 4.90 Å². The third-order valence-electron chi connectivity index (χ3n) is 3.47. The molecule has 21 heavy (non-hydrogen) atoms. The van der Waals surface area contributed by atoms with E-state index in [1.54, 1.807) is 0 Å².